The van der Waals surface area contributed by atoms with Crippen LogP contribution in [0.1, 0.15) is 23.7 Å². The van der Waals surface area contributed by atoms with Crippen molar-refractivity contribution in [2.45, 2.75) is 19.4 Å². The molecule has 0 saturated carbocycles. The summed E-state index contributed by atoms with van der Waals surface area (Å²) in [5, 5.41) is 24.9. The van der Waals surface area contributed by atoms with Crippen LogP contribution in [-0.4, -0.2) is 34.0 Å². The van der Waals surface area contributed by atoms with Gasteiger partial charge in [0.25, 0.3) is 0 Å². The molecule has 0 saturated heterocycles. The van der Waals surface area contributed by atoms with Crippen LogP contribution in [0.5, 0.6) is 0 Å². The molecule has 15 heavy (non-hydrogen) atoms. The topological polar surface area (TPSA) is 77.8 Å². The van der Waals surface area contributed by atoms with E-state index in [1.165, 1.54) is 0 Å². The van der Waals surface area contributed by atoms with Crippen molar-refractivity contribution in [2.24, 2.45) is 0 Å². The average Bonchev–Trinajstić information content (AvgIpc) is 2.20. The van der Waals surface area contributed by atoms with Gasteiger partial charge in [-0.05, 0) is 25.5 Å². The van der Waals surface area contributed by atoms with Gasteiger partial charge in [0, 0.05) is 6.61 Å². The van der Waals surface area contributed by atoms with Gasteiger partial charge in [0.2, 0.25) is 0 Å². The van der Waals surface area contributed by atoms with Crippen LogP contribution >= 0.6 is 0 Å². The molecule has 4 heteroatoms. The molecule has 4 nitrogen and oxygen atoms in total. The predicted molar refractivity (Wildman–Crippen MR) is 56.8 cm³/mol. The van der Waals surface area contributed by atoms with E-state index in [4.69, 9.17) is 15.3 Å². The number of hydrogen-bond donors (Lipinski definition) is 3. The minimum absolute atomic E-state index is 0.0810. The fourth-order valence-corrected chi connectivity index (χ4v) is 0.768. The molecule has 0 spiro atoms. The minimum Gasteiger partial charge on any atom is -0.478 e. The highest BCUT2D eigenvalue weighted by atomic mass is 16.4. The summed E-state index contributed by atoms with van der Waals surface area (Å²) < 4.78 is 0. The largest absolute Gasteiger partial charge is 0.478 e. The SMILES string of the molecule is CC(O)CCO.O=C(O)c1ccccc1. The molecule has 1 atom stereocenters. The lowest BCUT2D eigenvalue weighted by Crippen LogP contribution is -2.00. The van der Waals surface area contributed by atoms with Gasteiger partial charge in [-0.1, -0.05) is 18.2 Å². The molecule has 1 aromatic rings. The van der Waals surface area contributed by atoms with Gasteiger partial charge in [0.1, 0.15) is 0 Å². The molecule has 0 amide bonds. The number of hydrogen-bond acceptors (Lipinski definition) is 3. The zero-order valence-electron chi connectivity index (χ0n) is 8.63. The molecule has 1 aromatic carbocycles. The number of carbonyl (C=O) groups is 1. The molecule has 3 N–H and O–H groups in total. The van der Waals surface area contributed by atoms with Gasteiger partial charge >= 0.3 is 5.97 Å². The zero-order chi connectivity index (χ0) is 11.7. The number of aliphatic hydroxyl groups is 2. The maximum Gasteiger partial charge on any atom is 0.335 e. The molecule has 1 rings (SSSR count). The van der Waals surface area contributed by atoms with Crippen LogP contribution in [0.25, 0.3) is 0 Å². The standard InChI is InChI=1S/C7H6O2.C4H10O2/c8-7(9)6-4-2-1-3-5-6;1-4(6)2-3-5/h1-5H,(H,8,9);4-6H,2-3H2,1H3. The van der Waals surface area contributed by atoms with Gasteiger partial charge in [-0.15, -0.1) is 0 Å². The van der Waals surface area contributed by atoms with Crippen molar-refractivity contribution in [3.05, 3.63) is 35.9 Å². The Morgan fingerprint density at radius 2 is 1.87 bits per heavy atom. The quantitative estimate of drug-likeness (QED) is 0.702. The van der Waals surface area contributed by atoms with Crippen molar-refractivity contribution in [1.82, 2.24) is 0 Å². The average molecular weight is 212 g/mol. The minimum atomic E-state index is -0.879. The van der Waals surface area contributed by atoms with Crippen molar-refractivity contribution >= 4 is 5.97 Å². The predicted octanol–water partition coefficient (Wildman–Crippen LogP) is 1.13. The molecule has 0 aliphatic carbocycles. The second-order valence-corrected chi connectivity index (χ2v) is 3.03. The highest BCUT2D eigenvalue weighted by molar-refractivity contribution is 5.87. The summed E-state index contributed by atoms with van der Waals surface area (Å²) in [6, 6.07) is 8.30. The van der Waals surface area contributed by atoms with Crippen molar-refractivity contribution in [1.29, 1.82) is 0 Å². The number of carboxylic acids is 1. The monoisotopic (exact) mass is 212 g/mol. The van der Waals surface area contributed by atoms with E-state index in [-0.39, 0.29) is 12.7 Å². The van der Waals surface area contributed by atoms with E-state index < -0.39 is 5.97 Å². The highest BCUT2D eigenvalue weighted by Crippen LogP contribution is 1.96. The number of aliphatic hydroxyl groups excluding tert-OH is 2. The summed E-state index contributed by atoms with van der Waals surface area (Å²) in [6.45, 7) is 1.73. The van der Waals surface area contributed by atoms with Crippen molar-refractivity contribution in [3.8, 4) is 0 Å². The Hall–Kier alpha value is -1.39. The van der Waals surface area contributed by atoms with Crippen LogP contribution in [0.3, 0.4) is 0 Å². The van der Waals surface area contributed by atoms with E-state index in [1.54, 1.807) is 37.3 Å². The van der Waals surface area contributed by atoms with E-state index in [9.17, 15) is 4.79 Å². The molecule has 0 aromatic heterocycles. The van der Waals surface area contributed by atoms with E-state index in [0.29, 0.717) is 12.0 Å². The second-order valence-electron chi connectivity index (χ2n) is 3.03. The van der Waals surface area contributed by atoms with Crippen LogP contribution in [0.4, 0.5) is 0 Å². The Morgan fingerprint density at radius 3 is 2.07 bits per heavy atom. The van der Waals surface area contributed by atoms with Crippen molar-refractivity contribution in [2.75, 3.05) is 6.61 Å². The van der Waals surface area contributed by atoms with Crippen LogP contribution in [0.15, 0.2) is 30.3 Å². The molecule has 0 aliphatic rings. The van der Waals surface area contributed by atoms with Gasteiger partial charge in [0.15, 0.2) is 0 Å². The molecule has 0 radical (unpaired) electrons. The molecular weight excluding hydrogens is 196 g/mol. The summed E-state index contributed by atoms with van der Waals surface area (Å²) in [5.74, 6) is -0.879. The molecule has 1 unspecified atom stereocenters. The first-order chi connectivity index (χ1) is 7.07. The lowest BCUT2D eigenvalue weighted by molar-refractivity contribution is 0.0697. The van der Waals surface area contributed by atoms with E-state index in [0.717, 1.165) is 0 Å². The molecule has 0 fully saturated rings. The van der Waals surface area contributed by atoms with E-state index >= 15 is 0 Å². The number of rotatable bonds is 3. The summed E-state index contributed by atoms with van der Waals surface area (Å²) in [4.78, 5) is 10.2. The van der Waals surface area contributed by atoms with Crippen molar-refractivity contribution in [3.63, 3.8) is 0 Å². The van der Waals surface area contributed by atoms with Gasteiger partial charge in [-0.3, -0.25) is 0 Å². The maximum absolute atomic E-state index is 10.2. The Morgan fingerprint density at radius 1 is 1.33 bits per heavy atom. The molecule has 0 heterocycles. The van der Waals surface area contributed by atoms with Crippen LogP contribution in [-0.2, 0) is 0 Å². The molecule has 0 aliphatic heterocycles. The Kier molecular flexibility index (Phi) is 7.23. The maximum atomic E-state index is 10.2. The number of aromatic carboxylic acids is 1. The first-order valence-corrected chi connectivity index (χ1v) is 4.65. The zero-order valence-corrected chi connectivity index (χ0v) is 8.63. The smallest absolute Gasteiger partial charge is 0.335 e. The molecular formula is C11H16O4. The van der Waals surface area contributed by atoms with E-state index in [2.05, 4.69) is 0 Å². The Balaban J connectivity index is 0.000000288. The van der Waals surface area contributed by atoms with Crippen LogP contribution in [0.2, 0.25) is 0 Å². The lowest BCUT2D eigenvalue weighted by atomic mass is 10.2. The summed E-state index contributed by atoms with van der Waals surface area (Å²) in [5.41, 5.74) is 0.331. The first kappa shape index (κ1) is 13.6. The third kappa shape index (κ3) is 7.66. The molecule has 0 bridgehead atoms. The number of carboxylic acid groups (broad SMARTS) is 1. The Labute approximate surface area is 88.8 Å². The van der Waals surface area contributed by atoms with Gasteiger partial charge in [-0.25, -0.2) is 4.79 Å². The molecule has 84 valence electrons. The number of benzene rings is 1. The van der Waals surface area contributed by atoms with E-state index in [1.807, 2.05) is 0 Å². The highest BCUT2D eigenvalue weighted by Gasteiger charge is 1.96. The van der Waals surface area contributed by atoms with Gasteiger partial charge < -0.3 is 15.3 Å². The summed E-state index contributed by atoms with van der Waals surface area (Å²) in [7, 11) is 0. The Bertz CT molecular complexity index is 269. The van der Waals surface area contributed by atoms with Crippen molar-refractivity contribution < 1.29 is 20.1 Å². The lowest BCUT2D eigenvalue weighted by Gasteiger charge is -1.95. The third-order valence-electron chi connectivity index (χ3n) is 1.57. The third-order valence-corrected chi connectivity index (χ3v) is 1.57. The summed E-state index contributed by atoms with van der Waals surface area (Å²) in [6.07, 6.45) is 0.134. The second kappa shape index (κ2) is 7.96. The van der Waals surface area contributed by atoms with Crippen LogP contribution < -0.4 is 0 Å². The first-order valence-electron chi connectivity index (χ1n) is 4.65. The normalized spacial score (nSPS) is 11.1. The van der Waals surface area contributed by atoms with Crippen LogP contribution in [0, 0.1) is 0 Å². The fourth-order valence-electron chi connectivity index (χ4n) is 0.768. The fraction of sp³-hybridized carbons (Fsp3) is 0.364. The van der Waals surface area contributed by atoms with Gasteiger partial charge in [-0.2, -0.15) is 0 Å². The van der Waals surface area contributed by atoms with Gasteiger partial charge in [0.05, 0.1) is 11.7 Å². The summed E-state index contributed by atoms with van der Waals surface area (Å²) >= 11 is 0.